The van der Waals surface area contributed by atoms with Crippen LogP contribution in [0.3, 0.4) is 0 Å². The van der Waals surface area contributed by atoms with Gasteiger partial charge in [-0.25, -0.2) is 17.1 Å². The van der Waals surface area contributed by atoms with E-state index in [9.17, 15) is 17.6 Å². The van der Waals surface area contributed by atoms with Gasteiger partial charge in [0, 0.05) is 10.0 Å². The highest BCUT2D eigenvalue weighted by Crippen LogP contribution is 2.31. The maximum absolute atomic E-state index is 13.8. The summed E-state index contributed by atoms with van der Waals surface area (Å²) >= 11 is 3.13. The Morgan fingerprint density at radius 2 is 1.86 bits per heavy atom. The summed E-state index contributed by atoms with van der Waals surface area (Å²) in [6.07, 6.45) is 0. The maximum atomic E-state index is 13.8. The van der Waals surface area contributed by atoms with Crippen LogP contribution in [0.15, 0.2) is 51.8 Å². The predicted octanol–water partition coefficient (Wildman–Crippen LogP) is 2.93. The van der Waals surface area contributed by atoms with Crippen molar-refractivity contribution in [2.75, 3.05) is 0 Å². The van der Waals surface area contributed by atoms with Gasteiger partial charge in [-0.15, -0.1) is 0 Å². The smallest absolute Gasteiger partial charge is 0.268 e. The van der Waals surface area contributed by atoms with Gasteiger partial charge in [0.25, 0.3) is 15.9 Å². The Morgan fingerprint density at radius 3 is 2.52 bits per heavy atom. The molecule has 1 amide bonds. The molecule has 0 N–H and O–H groups in total. The molecule has 0 bridgehead atoms. The summed E-state index contributed by atoms with van der Waals surface area (Å²) in [7, 11) is -3.92. The highest BCUT2D eigenvalue weighted by molar-refractivity contribution is 9.10. The standard InChI is InChI=1S/C14H9BrFNO3S/c15-10-6-5-9(12(16)7-10)8-17-14(18)11-3-1-2-4-13(11)21(17,19)20/h1-7H,8H2. The Labute approximate surface area is 129 Å². The molecule has 0 radical (unpaired) electrons. The first kappa shape index (κ1) is 14.2. The number of nitrogens with zero attached hydrogens (tertiary/aromatic N) is 1. The van der Waals surface area contributed by atoms with Gasteiger partial charge in [0.15, 0.2) is 0 Å². The third kappa shape index (κ3) is 2.26. The molecule has 1 aliphatic heterocycles. The average molecular weight is 370 g/mol. The Morgan fingerprint density at radius 1 is 1.14 bits per heavy atom. The molecule has 3 rings (SSSR count). The van der Waals surface area contributed by atoms with Crippen LogP contribution in [-0.2, 0) is 16.6 Å². The van der Waals surface area contributed by atoms with Crippen LogP contribution in [0.5, 0.6) is 0 Å². The fourth-order valence-corrected chi connectivity index (χ4v) is 4.07. The second-order valence-electron chi connectivity index (χ2n) is 4.55. The van der Waals surface area contributed by atoms with Crippen LogP contribution < -0.4 is 0 Å². The minimum atomic E-state index is -3.92. The summed E-state index contributed by atoms with van der Waals surface area (Å²) in [5, 5.41) is 0. The molecule has 0 fully saturated rings. The van der Waals surface area contributed by atoms with Crippen molar-refractivity contribution in [2.24, 2.45) is 0 Å². The Balaban J connectivity index is 2.03. The molecule has 1 heterocycles. The van der Waals surface area contributed by atoms with Crippen molar-refractivity contribution in [3.05, 3.63) is 63.9 Å². The first-order valence-corrected chi connectivity index (χ1v) is 8.24. The molecule has 0 saturated carbocycles. The molecular weight excluding hydrogens is 361 g/mol. The Kier molecular flexibility index (Phi) is 3.33. The number of carbonyl (C=O) groups is 1. The molecular formula is C14H9BrFNO3S. The van der Waals surface area contributed by atoms with E-state index in [0.717, 1.165) is 0 Å². The van der Waals surface area contributed by atoms with Crippen molar-refractivity contribution < 1.29 is 17.6 Å². The van der Waals surface area contributed by atoms with E-state index >= 15 is 0 Å². The van der Waals surface area contributed by atoms with E-state index < -0.39 is 21.7 Å². The van der Waals surface area contributed by atoms with E-state index in [2.05, 4.69) is 15.9 Å². The summed E-state index contributed by atoms with van der Waals surface area (Å²) in [4.78, 5) is 12.2. The van der Waals surface area contributed by atoms with Gasteiger partial charge in [0.05, 0.1) is 12.1 Å². The summed E-state index contributed by atoms with van der Waals surface area (Å²) in [6, 6.07) is 10.2. The van der Waals surface area contributed by atoms with Crippen LogP contribution in [0.4, 0.5) is 4.39 Å². The minimum Gasteiger partial charge on any atom is -0.268 e. The van der Waals surface area contributed by atoms with E-state index in [-0.39, 0.29) is 22.6 Å². The van der Waals surface area contributed by atoms with Gasteiger partial charge < -0.3 is 0 Å². The molecule has 0 saturated heterocycles. The van der Waals surface area contributed by atoms with Crippen LogP contribution in [0.25, 0.3) is 0 Å². The van der Waals surface area contributed by atoms with E-state index in [1.54, 1.807) is 18.2 Å². The minimum absolute atomic E-state index is 0.0347. The number of carbonyl (C=O) groups excluding carboxylic acids is 1. The molecule has 0 spiro atoms. The number of hydrogen-bond acceptors (Lipinski definition) is 3. The van der Waals surface area contributed by atoms with Gasteiger partial charge in [0.2, 0.25) is 0 Å². The van der Waals surface area contributed by atoms with Crippen molar-refractivity contribution in [3.8, 4) is 0 Å². The molecule has 4 nitrogen and oxygen atoms in total. The van der Waals surface area contributed by atoms with Crippen molar-refractivity contribution in [1.82, 2.24) is 4.31 Å². The number of benzene rings is 2. The van der Waals surface area contributed by atoms with Crippen LogP contribution in [0.1, 0.15) is 15.9 Å². The molecule has 1 aliphatic rings. The van der Waals surface area contributed by atoms with Crippen LogP contribution in [0.2, 0.25) is 0 Å². The maximum Gasteiger partial charge on any atom is 0.269 e. The fourth-order valence-electron chi connectivity index (χ4n) is 2.19. The van der Waals surface area contributed by atoms with Crippen LogP contribution in [0, 0.1) is 5.82 Å². The zero-order chi connectivity index (χ0) is 15.2. The lowest BCUT2D eigenvalue weighted by Gasteiger charge is -2.15. The predicted molar refractivity (Wildman–Crippen MR) is 77.6 cm³/mol. The normalized spacial score (nSPS) is 16.1. The van der Waals surface area contributed by atoms with Gasteiger partial charge in [-0.1, -0.05) is 34.1 Å². The van der Waals surface area contributed by atoms with Gasteiger partial charge in [-0.2, -0.15) is 0 Å². The van der Waals surface area contributed by atoms with Crippen LogP contribution in [-0.4, -0.2) is 18.6 Å². The second kappa shape index (κ2) is 4.92. The van der Waals surface area contributed by atoms with Gasteiger partial charge >= 0.3 is 0 Å². The quantitative estimate of drug-likeness (QED) is 0.817. The molecule has 0 atom stereocenters. The van der Waals surface area contributed by atoms with Gasteiger partial charge in [-0.05, 0) is 24.3 Å². The molecule has 7 heteroatoms. The van der Waals surface area contributed by atoms with Crippen molar-refractivity contribution >= 4 is 31.9 Å². The number of rotatable bonds is 2. The lowest BCUT2D eigenvalue weighted by atomic mass is 10.2. The van der Waals surface area contributed by atoms with Gasteiger partial charge in [-0.3, -0.25) is 4.79 Å². The Hall–Kier alpha value is -1.73. The number of fused-ring (bicyclic) bond motifs is 1. The van der Waals surface area contributed by atoms with E-state index in [4.69, 9.17) is 0 Å². The molecule has 0 aliphatic carbocycles. The summed E-state index contributed by atoms with van der Waals surface area (Å²) in [5.74, 6) is -1.20. The summed E-state index contributed by atoms with van der Waals surface area (Å²) in [5.41, 5.74) is 0.262. The molecule has 2 aromatic carbocycles. The van der Waals surface area contributed by atoms with Gasteiger partial charge in [0.1, 0.15) is 10.7 Å². The van der Waals surface area contributed by atoms with E-state index in [1.807, 2.05) is 0 Å². The zero-order valence-corrected chi connectivity index (χ0v) is 13.0. The topological polar surface area (TPSA) is 54.5 Å². The lowest BCUT2D eigenvalue weighted by Crippen LogP contribution is -2.29. The van der Waals surface area contributed by atoms with Crippen molar-refractivity contribution in [1.29, 1.82) is 0 Å². The third-order valence-corrected chi connectivity index (χ3v) is 5.52. The SMILES string of the molecule is O=C1c2ccccc2S(=O)(=O)N1Cc1ccc(Br)cc1F. The monoisotopic (exact) mass is 369 g/mol. The lowest BCUT2D eigenvalue weighted by molar-refractivity contribution is 0.0864. The first-order chi connectivity index (χ1) is 9.91. The third-order valence-electron chi connectivity index (χ3n) is 3.24. The number of amides is 1. The van der Waals surface area contributed by atoms with Crippen LogP contribution >= 0.6 is 15.9 Å². The van der Waals surface area contributed by atoms with Crippen molar-refractivity contribution in [2.45, 2.75) is 11.4 Å². The number of hydrogen-bond donors (Lipinski definition) is 0. The first-order valence-electron chi connectivity index (χ1n) is 6.01. The van der Waals surface area contributed by atoms with Crippen molar-refractivity contribution in [3.63, 3.8) is 0 Å². The van der Waals surface area contributed by atoms with E-state index in [1.165, 1.54) is 24.3 Å². The fraction of sp³-hybridized carbons (Fsp3) is 0.0714. The zero-order valence-electron chi connectivity index (χ0n) is 10.6. The molecule has 0 unspecified atom stereocenters. The highest BCUT2D eigenvalue weighted by Gasteiger charge is 2.40. The summed E-state index contributed by atoms with van der Waals surface area (Å²) in [6.45, 7) is -0.324. The number of sulfonamides is 1. The molecule has 108 valence electrons. The highest BCUT2D eigenvalue weighted by atomic mass is 79.9. The molecule has 0 aromatic heterocycles. The second-order valence-corrected chi connectivity index (χ2v) is 7.30. The molecule has 2 aromatic rings. The number of halogens is 2. The largest absolute Gasteiger partial charge is 0.269 e. The average Bonchev–Trinajstić information content (AvgIpc) is 2.63. The van der Waals surface area contributed by atoms with E-state index in [0.29, 0.717) is 8.78 Å². The summed E-state index contributed by atoms with van der Waals surface area (Å²) < 4.78 is 39.8. The molecule has 21 heavy (non-hydrogen) atoms. The Bertz CT molecular complexity index is 851.